The average molecular weight is 214 g/mol. The molecule has 0 heterocycles. The summed E-state index contributed by atoms with van der Waals surface area (Å²) in [6.45, 7) is 11.0. The molecular formula is C13H30N2. The monoisotopic (exact) mass is 214 g/mol. The molecule has 0 aromatic carbocycles. The molecule has 0 saturated carbocycles. The summed E-state index contributed by atoms with van der Waals surface area (Å²) in [7, 11) is 0. The van der Waals surface area contributed by atoms with Crippen molar-refractivity contribution in [2.24, 2.45) is 17.6 Å². The number of rotatable bonds is 9. The molecular weight excluding hydrogens is 184 g/mol. The van der Waals surface area contributed by atoms with Crippen molar-refractivity contribution in [1.82, 2.24) is 5.32 Å². The van der Waals surface area contributed by atoms with Crippen molar-refractivity contribution in [2.45, 2.75) is 59.4 Å². The minimum Gasteiger partial charge on any atom is -0.329 e. The Morgan fingerprint density at radius 1 is 0.933 bits per heavy atom. The van der Waals surface area contributed by atoms with Crippen molar-refractivity contribution in [3.8, 4) is 0 Å². The minimum atomic E-state index is 0.514. The Morgan fingerprint density at radius 3 is 1.80 bits per heavy atom. The standard InChI is InChI=1S/C13H30N2/c1-5-11(6-2)10-15-13(9-14)12(7-3)8-4/h11-13,15H,5-10,14H2,1-4H3. The lowest BCUT2D eigenvalue weighted by Gasteiger charge is -2.27. The molecule has 3 N–H and O–H groups in total. The van der Waals surface area contributed by atoms with Crippen LogP contribution in [0.5, 0.6) is 0 Å². The Morgan fingerprint density at radius 2 is 1.47 bits per heavy atom. The Kier molecular flexibility index (Phi) is 9.12. The highest BCUT2D eigenvalue weighted by molar-refractivity contribution is 4.76. The van der Waals surface area contributed by atoms with Crippen LogP contribution in [0.3, 0.4) is 0 Å². The summed E-state index contributed by atoms with van der Waals surface area (Å²) >= 11 is 0. The molecule has 92 valence electrons. The second kappa shape index (κ2) is 9.17. The number of hydrogen-bond donors (Lipinski definition) is 2. The van der Waals surface area contributed by atoms with Crippen LogP contribution < -0.4 is 11.1 Å². The van der Waals surface area contributed by atoms with Gasteiger partial charge in [-0.1, -0.05) is 53.4 Å². The van der Waals surface area contributed by atoms with Crippen molar-refractivity contribution in [3.05, 3.63) is 0 Å². The first-order chi connectivity index (χ1) is 7.23. The van der Waals surface area contributed by atoms with Gasteiger partial charge in [0.25, 0.3) is 0 Å². The van der Waals surface area contributed by atoms with Crippen molar-refractivity contribution in [3.63, 3.8) is 0 Å². The molecule has 0 saturated heterocycles. The lowest BCUT2D eigenvalue weighted by atomic mass is 9.93. The Bertz CT molecular complexity index is 128. The van der Waals surface area contributed by atoms with Crippen LogP contribution in [-0.4, -0.2) is 19.1 Å². The first-order valence-electron chi connectivity index (χ1n) is 6.66. The number of nitrogens with one attached hydrogen (secondary N) is 1. The summed E-state index contributed by atoms with van der Waals surface area (Å²) in [5.74, 6) is 1.55. The molecule has 1 atom stereocenters. The van der Waals surface area contributed by atoms with Crippen LogP contribution in [0.4, 0.5) is 0 Å². The third-order valence-corrected chi connectivity index (χ3v) is 3.70. The van der Waals surface area contributed by atoms with E-state index in [-0.39, 0.29) is 0 Å². The van der Waals surface area contributed by atoms with Crippen LogP contribution in [0.15, 0.2) is 0 Å². The van der Waals surface area contributed by atoms with Crippen LogP contribution in [-0.2, 0) is 0 Å². The van der Waals surface area contributed by atoms with Gasteiger partial charge < -0.3 is 11.1 Å². The zero-order valence-electron chi connectivity index (χ0n) is 11.1. The van der Waals surface area contributed by atoms with Gasteiger partial charge in [0.15, 0.2) is 0 Å². The summed E-state index contributed by atoms with van der Waals surface area (Å²) in [6, 6.07) is 0.514. The van der Waals surface area contributed by atoms with Crippen molar-refractivity contribution in [1.29, 1.82) is 0 Å². The molecule has 15 heavy (non-hydrogen) atoms. The van der Waals surface area contributed by atoms with Gasteiger partial charge in [0, 0.05) is 12.6 Å². The van der Waals surface area contributed by atoms with E-state index in [1.807, 2.05) is 0 Å². The van der Waals surface area contributed by atoms with E-state index in [2.05, 4.69) is 33.0 Å². The van der Waals surface area contributed by atoms with Gasteiger partial charge in [0.05, 0.1) is 0 Å². The fraction of sp³-hybridized carbons (Fsp3) is 1.00. The third-order valence-electron chi connectivity index (χ3n) is 3.70. The van der Waals surface area contributed by atoms with Crippen molar-refractivity contribution >= 4 is 0 Å². The first-order valence-corrected chi connectivity index (χ1v) is 6.66. The predicted molar refractivity (Wildman–Crippen MR) is 69.0 cm³/mol. The quantitative estimate of drug-likeness (QED) is 0.619. The van der Waals surface area contributed by atoms with E-state index in [0.29, 0.717) is 6.04 Å². The maximum Gasteiger partial charge on any atom is 0.0218 e. The summed E-state index contributed by atoms with van der Waals surface area (Å²) in [5, 5.41) is 3.65. The van der Waals surface area contributed by atoms with E-state index in [4.69, 9.17) is 5.73 Å². The zero-order valence-corrected chi connectivity index (χ0v) is 11.1. The lowest BCUT2D eigenvalue weighted by Crippen LogP contribution is -2.43. The smallest absolute Gasteiger partial charge is 0.0218 e. The Labute approximate surface area is 96.0 Å². The van der Waals surface area contributed by atoms with Crippen LogP contribution in [0.25, 0.3) is 0 Å². The molecule has 2 heteroatoms. The highest BCUT2D eigenvalue weighted by Gasteiger charge is 2.17. The molecule has 1 unspecified atom stereocenters. The predicted octanol–water partition coefficient (Wildman–Crippen LogP) is 2.78. The highest BCUT2D eigenvalue weighted by Crippen LogP contribution is 2.13. The van der Waals surface area contributed by atoms with Gasteiger partial charge in [0.1, 0.15) is 0 Å². The molecule has 2 nitrogen and oxygen atoms in total. The highest BCUT2D eigenvalue weighted by atomic mass is 14.9. The second-order valence-electron chi connectivity index (χ2n) is 4.51. The van der Waals surface area contributed by atoms with Crippen molar-refractivity contribution < 1.29 is 0 Å². The Balaban J connectivity index is 3.97. The molecule has 0 amide bonds. The molecule has 0 spiro atoms. The van der Waals surface area contributed by atoms with Crippen LogP contribution in [0.1, 0.15) is 53.4 Å². The fourth-order valence-electron chi connectivity index (χ4n) is 2.20. The van der Waals surface area contributed by atoms with E-state index in [0.717, 1.165) is 24.9 Å². The van der Waals surface area contributed by atoms with E-state index < -0.39 is 0 Å². The second-order valence-corrected chi connectivity index (χ2v) is 4.51. The van der Waals surface area contributed by atoms with E-state index >= 15 is 0 Å². The minimum absolute atomic E-state index is 0.514. The molecule has 0 aliphatic heterocycles. The molecule has 0 aromatic rings. The molecule has 0 aliphatic carbocycles. The third kappa shape index (κ3) is 5.53. The number of nitrogens with two attached hydrogens (primary N) is 1. The van der Waals surface area contributed by atoms with Crippen LogP contribution >= 0.6 is 0 Å². The van der Waals surface area contributed by atoms with Gasteiger partial charge >= 0.3 is 0 Å². The van der Waals surface area contributed by atoms with Gasteiger partial charge in [-0.05, 0) is 18.4 Å². The normalized spacial score (nSPS) is 13.8. The van der Waals surface area contributed by atoms with Gasteiger partial charge in [-0.25, -0.2) is 0 Å². The van der Waals surface area contributed by atoms with Crippen molar-refractivity contribution in [2.75, 3.05) is 13.1 Å². The summed E-state index contributed by atoms with van der Waals surface area (Å²) in [5.41, 5.74) is 5.83. The maximum absolute atomic E-state index is 5.83. The van der Waals surface area contributed by atoms with E-state index in [9.17, 15) is 0 Å². The van der Waals surface area contributed by atoms with Gasteiger partial charge in [0.2, 0.25) is 0 Å². The fourth-order valence-corrected chi connectivity index (χ4v) is 2.20. The molecule has 0 radical (unpaired) electrons. The maximum atomic E-state index is 5.83. The zero-order chi connectivity index (χ0) is 11.7. The SMILES string of the molecule is CCC(CC)CNC(CN)C(CC)CC. The summed E-state index contributed by atoms with van der Waals surface area (Å²) < 4.78 is 0. The van der Waals surface area contributed by atoms with Gasteiger partial charge in [-0.2, -0.15) is 0 Å². The molecule has 0 bridgehead atoms. The molecule has 0 aliphatic rings. The van der Waals surface area contributed by atoms with Gasteiger partial charge in [-0.15, -0.1) is 0 Å². The van der Waals surface area contributed by atoms with Gasteiger partial charge in [-0.3, -0.25) is 0 Å². The topological polar surface area (TPSA) is 38.0 Å². The average Bonchev–Trinajstić information content (AvgIpc) is 2.29. The van der Waals surface area contributed by atoms with Crippen LogP contribution in [0, 0.1) is 11.8 Å². The van der Waals surface area contributed by atoms with Crippen LogP contribution in [0.2, 0.25) is 0 Å². The summed E-state index contributed by atoms with van der Waals surface area (Å²) in [6.07, 6.45) is 5.00. The van der Waals surface area contributed by atoms with E-state index in [1.54, 1.807) is 0 Å². The molecule has 0 fully saturated rings. The van der Waals surface area contributed by atoms with E-state index in [1.165, 1.54) is 25.7 Å². The molecule has 0 aromatic heterocycles. The Hall–Kier alpha value is -0.0800. The number of hydrogen-bond acceptors (Lipinski definition) is 2. The largest absolute Gasteiger partial charge is 0.329 e. The first kappa shape index (κ1) is 14.9. The molecule has 0 rings (SSSR count). The summed E-state index contributed by atoms with van der Waals surface area (Å²) in [4.78, 5) is 0. The lowest BCUT2D eigenvalue weighted by molar-refractivity contribution is 0.313.